The average molecular weight is 464 g/mol. The first-order chi connectivity index (χ1) is 10.9. The van der Waals surface area contributed by atoms with E-state index in [1.165, 1.54) is 6.07 Å². The summed E-state index contributed by atoms with van der Waals surface area (Å²) in [5.74, 6) is -0.272. The van der Waals surface area contributed by atoms with E-state index >= 15 is 0 Å². The van der Waals surface area contributed by atoms with E-state index in [0.717, 1.165) is 25.9 Å². The Labute approximate surface area is 156 Å². The number of ether oxygens (including phenoxy) is 1. The van der Waals surface area contributed by atoms with Crippen molar-refractivity contribution in [3.05, 3.63) is 55.4 Å². The Hall–Kier alpha value is -1.24. The number of carboxylic acids is 1. The van der Waals surface area contributed by atoms with Crippen molar-refractivity contribution >= 4 is 55.1 Å². The highest BCUT2D eigenvalue weighted by atomic mass is 79.9. The number of aromatic carboxylic acids is 1. The Morgan fingerprint density at radius 2 is 1.91 bits per heavy atom. The molecule has 0 unspecified atom stereocenters. The lowest BCUT2D eigenvalue weighted by Crippen LogP contribution is -2.03. The van der Waals surface area contributed by atoms with Crippen LogP contribution >= 0.6 is 43.5 Å². The molecule has 2 aromatic rings. The summed E-state index contributed by atoms with van der Waals surface area (Å²) in [5, 5.41) is 12.4. The minimum absolute atomic E-state index is 0.0868. The van der Waals surface area contributed by atoms with Gasteiger partial charge < -0.3 is 15.2 Å². The van der Waals surface area contributed by atoms with Gasteiger partial charge in [0, 0.05) is 12.2 Å². The van der Waals surface area contributed by atoms with Crippen molar-refractivity contribution in [2.75, 3.05) is 11.9 Å². The number of halogens is 3. The first-order valence-electron chi connectivity index (χ1n) is 6.79. The van der Waals surface area contributed by atoms with Crippen molar-refractivity contribution in [3.63, 3.8) is 0 Å². The van der Waals surface area contributed by atoms with Crippen molar-refractivity contribution in [3.8, 4) is 5.75 Å². The van der Waals surface area contributed by atoms with Gasteiger partial charge in [0.25, 0.3) is 0 Å². The Balaban J connectivity index is 2.12. The molecular weight excluding hydrogens is 449 g/mol. The third-order valence-corrected chi connectivity index (χ3v) is 4.53. The molecule has 0 aliphatic heterocycles. The molecule has 0 aliphatic rings. The molecule has 0 bridgehead atoms. The Morgan fingerprint density at radius 1 is 1.26 bits per heavy atom. The average Bonchev–Trinajstić information content (AvgIpc) is 2.48. The molecule has 0 aromatic heterocycles. The number of carboxylic acid groups (broad SMARTS) is 1. The molecule has 0 heterocycles. The molecule has 122 valence electrons. The van der Waals surface area contributed by atoms with Crippen LogP contribution in [0.4, 0.5) is 5.69 Å². The first kappa shape index (κ1) is 18.1. The van der Waals surface area contributed by atoms with Crippen LogP contribution in [0.1, 0.15) is 22.8 Å². The summed E-state index contributed by atoms with van der Waals surface area (Å²) >= 11 is 12.9. The summed E-state index contributed by atoms with van der Waals surface area (Å²) in [7, 11) is 0. The maximum absolute atomic E-state index is 10.9. The van der Waals surface area contributed by atoms with E-state index < -0.39 is 5.97 Å². The van der Waals surface area contributed by atoms with Crippen LogP contribution in [0.3, 0.4) is 0 Å². The number of hydrogen-bond donors (Lipinski definition) is 2. The minimum Gasteiger partial charge on any atom is -0.492 e. The van der Waals surface area contributed by atoms with Gasteiger partial charge in [-0.15, -0.1) is 0 Å². The number of anilines is 1. The van der Waals surface area contributed by atoms with Gasteiger partial charge in [0.1, 0.15) is 5.75 Å². The van der Waals surface area contributed by atoms with Crippen LogP contribution in [0.25, 0.3) is 0 Å². The molecule has 23 heavy (non-hydrogen) atoms. The SMILES string of the molecule is CCOc1c(Br)cc(CNc2ccc(C(=O)O)c(Cl)c2)cc1Br. The summed E-state index contributed by atoms with van der Waals surface area (Å²) < 4.78 is 7.28. The van der Waals surface area contributed by atoms with Gasteiger partial charge in [0.15, 0.2) is 0 Å². The summed E-state index contributed by atoms with van der Waals surface area (Å²) in [4.78, 5) is 10.9. The Kier molecular flexibility index (Phi) is 6.33. The lowest BCUT2D eigenvalue weighted by atomic mass is 10.2. The summed E-state index contributed by atoms with van der Waals surface area (Å²) in [6.07, 6.45) is 0. The first-order valence-corrected chi connectivity index (χ1v) is 8.76. The van der Waals surface area contributed by atoms with Crippen molar-refractivity contribution in [1.82, 2.24) is 0 Å². The third kappa shape index (κ3) is 4.62. The highest BCUT2D eigenvalue weighted by Crippen LogP contribution is 2.35. The zero-order valence-electron chi connectivity index (χ0n) is 12.2. The number of hydrogen-bond acceptors (Lipinski definition) is 3. The van der Waals surface area contributed by atoms with Gasteiger partial charge in [-0.05, 0) is 74.7 Å². The van der Waals surface area contributed by atoms with E-state index in [1.807, 2.05) is 19.1 Å². The van der Waals surface area contributed by atoms with Gasteiger partial charge in [-0.1, -0.05) is 11.6 Å². The van der Waals surface area contributed by atoms with Gasteiger partial charge >= 0.3 is 5.97 Å². The van der Waals surface area contributed by atoms with E-state index in [0.29, 0.717) is 13.2 Å². The highest BCUT2D eigenvalue weighted by molar-refractivity contribution is 9.11. The van der Waals surface area contributed by atoms with Crippen LogP contribution in [0.15, 0.2) is 39.3 Å². The summed E-state index contributed by atoms with van der Waals surface area (Å²) in [6.45, 7) is 3.08. The number of carbonyl (C=O) groups is 1. The standard InChI is InChI=1S/C16H14Br2ClNO3/c1-2-23-15-12(17)5-9(6-13(15)18)8-20-10-3-4-11(16(21)22)14(19)7-10/h3-7,20H,2,8H2,1H3,(H,21,22). The molecule has 0 aliphatic carbocycles. The van der Waals surface area contributed by atoms with Crippen molar-refractivity contribution in [2.45, 2.75) is 13.5 Å². The van der Waals surface area contributed by atoms with Gasteiger partial charge in [-0.2, -0.15) is 0 Å². The predicted molar refractivity (Wildman–Crippen MR) is 98.7 cm³/mol. The van der Waals surface area contributed by atoms with E-state index in [2.05, 4.69) is 37.2 Å². The van der Waals surface area contributed by atoms with Crippen LogP contribution < -0.4 is 10.1 Å². The second-order valence-corrected chi connectivity index (χ2v) is 6.79. The predicted octanol–water partition coefficient (Wildman–Crippen LogP) is 5.57. The van der Waals surface area contributed by atoms with Gasteiger partial charge in [-0.25, -0.2) is 4.79 Å². The molecule has 0 spiro atoms. The molecule has 0 atom stereocenters. The van der Waals surface area contributed by atoms with Crippen LogP contribution in [0.5, 0.6) is 5.75 Å². The maximum Gasteiger partial charge on any atom is 0.337 e. The smallest absolute Gasteiger partial charge is 0.337 e. The molecule has 0 amide bonds. The topological polar surface area (TPSA) is 58.6 Å². The van der Waals surface area contributed by atoms with Crippen LogP contribution in [-0.2, 0) is 6.54 Å². The van der Waals surface area contributed by atoms with Crippen molar-refractivity contribution < 1.29 is 14.6 Å². The Bertz CT molecular complexity index is 714. The van der Waals surface area contributed by atoms with Crippen molar-refractivity contribution in [2.24, 2.45) is 0 Å². The molecule has 4 nitrogen and oxygen atoms in total. The second kappa shape index (κ2) is 8.04. The Morgan fingerprint density at radius 3 is 2.43 bits per heavy atom. The lowest BCUT2D eigenvalue weighted by Gasteiger charge is -2.12. The molecule has 7 heteroatoms. The van der Waals surface area contributed by atoms with E-state index in [4.69, 9.17) is 21.4 Å². The normalized spacial score (nSPS) is 10.4. The molecule has 2 N–H and O–H groups in total. The fourth-order valence-corrected chi connectivity index (χ4v) is 3.77. The fraction of sp³-hybridized carbons (Fsp3) is 0.188. The lowest BCUT2D eigenvalue weighted by molar-refractivity contribution is 0.0697. The molecule has 0 fully saturated rings. The molecule has 2 rings (SSSR count). The second-order valence-electron chi connectivity index (χ2n) is 4.67. The molecule has 2 aromatic carbocycles. The zero-order valence-corrected chi connectivity index (χ0v) is 16.1. The maximum atomic E-state index is 10.9. The van der Waals surface area contributed by atoms with Gasteiger partial charge in [0.05, 0.1) is 26.1 Å². The fourth-order valence-electron chi connectivity index (χ4n) is 2.00. The van der Waals surface area contributed by atoms with Crippen LogP contribution in [-0.4, -0.2) is 17.7 Å². The van der Waals surface area contributed by atoms with Crippen LogP contribution in [0.2, 0.25) is 5.02 Å². The molecule has 0 saturated heterocycles. The zero-order chi connectivity index (χ0) is 17.0. The molecular formula is C16H14Br2ClNO3. The highest BCUT2D eigenvalue weighted by Gasteiger charge is 2.10. The number of nitrogens with one attached hydrogen (secondary N) is 1. The summed E-state index contributed by atoms with van der Waals surface area (Å²) in [6, 6.07) is 8.71. The largest absolute Gasteiger partial charge is 0.492 e. The number of benzene rings is 2. The molecule has 0 radical (unpaired) electrons. The van der Waals surface area contributed by atoms with Gasteiger partial charge in [0.2, 0.25) is 0 Å². The number of rotatable bonds is 6. The van der Waals surface area contributed by atoms with E-state index in [9.17, 15) is 4.79 Å². The minimum atomic E-state index is -1.04. The van der Waals surface area contributed by atoms with E-state index in [-0.39, 0.29) is 10.6 Å². The van der Waals surface area contributed by atoms with Crippen molar-refractivity contribution in [1.29, 1.82) is 0 Å². The monoisotopic (exact) mass is 461 g/mol. The van der Waals surface area contributed by atoms with Crippen LogP contribution in [0, 0.1) is 0 Å². The van der Waals surface area contributed by atoms with E-state index in [1.54, 1.807) is 12.1 Å². The third-order valence-electron chi connectivity index (χ3n) is 3.04. The summed E-state index contributed by atoms with van der Waals surface area (Å²) in [5.41, 5.74) is 1.87. The quantitative estimate of drug-likeness (QED) is 0.588. The molecule has 0 saturated carbocycles. The van der Waals surface area contributed by atoms with Gasteiger partial charge in [-0.3, -0.25) is 0 Å².